The van der Waals surface area contributed by atoms with Crippen molar-refractivity contribution in [3.63, 3.8) is 0 Å². The van der Waals surface area contributed by atoms with Gasteiger partial charge in [-0.1, -0.05) is 0 Å². The average molecular weight is 306 g/mol. The van der Waals surface area contributed by atoms with Gasteiger partial charge in [0.25, 0.3) is 0 Å². The smallest absolute Gasteiger partial charge is 0.225 e. The summed E-state index contributed by atoms with van der Waals surface area (Å²) < 4.78 is 0. The van der Waals surface area contributed by atoms with Crippen LogP contribution in [0.1, 0.15) is 42.2 Å². The Morgan fingerprint density at radius 3 is 3.00 bits per heavy atom. The molecule has 3 rings (SSSR count). The summed E-state index contributed by atoms with van der Waals surface area (Å²) in [6.45, 7) is 3.83. The Morgan fingerprint density at radius 2 is 2.24 bits per heavy atom. The summed E-state index contributed by atoms with van der Waals surface area (Å²) >= 11 is 1.83. The number of nitrogens with zero attached hydrogens (tertiary/aromatic N) is 1. The lowest BCUT2D eigenvalue weighted by atomic mass is 9.96. The van der Waals surface area contributed by atoms with E-state index in [2.05, 4.69) is 10.7 Å². The van der Waals surface area contributed by atoms with Gasteiger partial charge in [0, 0.05) is 30.9 Å². The third-order valence-corrected chi connectivity index (χ3v) is 5.71. The molecule has 0 bridgehead atoms. The maximum Gasteiger partial charge on any atom is 0.225 e. The zero-order valence-electron chi connectivity index (χ0n) is 12.5. The Labute approximate surface area is 129 Å². The Bertz CT molecular complexity index is 552. The molecule has 2 amide bonds. The van der Waals surface area contributed by atoms with Crippen molar-refractivity contribution in [1.29, 1.82) is 0 Å². The number of thiophene rings is 1. The minimum atomic E-state index is -0.174. The quantitative estimate of drug-likeness (QED) is 0.926. The van der Waals surface area contributed by atoms with Gasteiger partial charge >= 0.3 is 0 Å². The molecule has 1 aliphatic heterocycles. The van der Waals surface area contributed by atoms with Gasteiger partial charge in [0.2, 0.25) is 11.8 Å². The highest BCUT2D eigenvalue weighted by Crippen LogP contribution is 2.30. The van der Waals surface area contributed by atoms with E-state index in [1.54, 1.807) is 4.90 Å². The number of likely N-dealkylation sites (tertiary alicyclic amines) is 1. The van der Waals surface area contributed by atoms with Crippen LogP contribution in [-0.2, 0) is 29.0 Å². The predicted octanol–water partition coefficient (Wildman–Crippen LogP) is 2.11. The first-order valence-corrected chi connectivity index (χ1v) is 8.70. The summed E-state index contributed by atoms with van der Waals surface area (Å²) in [6, 6.07) is 0. The van der Waals surface area contributed by atoms with Gasteiger partial charge in [-0.15, -0.1) is 11.3 Å². The second-order valence-electron chi connectivity index (χ2n) is 5.92. The molecule has 0 saturated carbocycles. The minimum absolute atomic E-state index is 0.0232. The molecular weight excluding hydrogens is 284 g/mol. The molecule has 1 fully saturated rings. The third-order valence-electron chi connectivity index (χ3n) is 4.57. The number of carbonyl (C=O) groups is 2. The Kier molecular flexibility index (Phi) is 4.29. The first-order chi connectivity index (χ1) is 10.2. The molecule has 4 nitrogen and oxygen atoms in total. The van der Waals surface area contributed by atoms with Crippen LogP contribution < -0.4 is 5.32 Å². The van der Waals surface area contributed by atoms with Crippen molar-refractivity contribution in [2.75, 3.05) is 13.1 Å². The lowest BCUT2D eigenvalue weighted by Gasteiger charge is -2.15. The number of fused-ring (bicyclic) bond motifs is 1. The highest BCUT2D eigenvalue weighted by molar-refractivity contribution is 7.10. The second-order valence-corrected chi connectivity index (χ2v) is 6.89. The van der Waals surface area contributed by atoms with Crippen molar-refractivity contribution < 1.29 is 9.59 Å². The molecule has 0 aromatic carbocycles. The fourth-order valence-electron chi connectivity index (χ4n) is 3.29. The Hall–Kier alpha value is -1.36. The molecule has 1 unspecified atom stereocenters. The van der Waals surface area contributed by atoms with Gasteiger partial charge in [0.05, 0.1) is 5.92 Å². The van der Waals surface area contributed by atoms with E-state index in [4.69, 9.17) is 0 Å². The van der Waals surface area contributed by atoms with Crippen molar-refractivity contribution in [1.82, 2.24) is 10.2 Å². The molecule has 114 valence electrons. The zero-order chi connectivity index (χ0) is 14.8. The van der Waals surface area contributed by atoms with Gasteiger partial charge in [0.1, 0.15) is 0 Å². The van der Waals surface area contributed by atoms with E-state index < -0.39 is 0 Å². The van der Waals surface area contributed by atoms with Crippen LogP contribution in [0, 0.1) is 5.92 Å². The fourth-order valence-corrected chi connectivity index (χ4v) is 4.44. The van der Waals surface area contributed by atoms with Crippen LogP contribution >= 0.6 is 11.3 Å². The molecule has 1 atom stereocenters. The summed E-state index contributed by atoms with van der Waals surface area (Å²) in [6.07, 6.45) is 5.25. The molecule has 21 heavy (non-hydrogen) atoms. The summed E-state index contributed by atoms with van der Waals surface area (Å²) in [5.74, 6) is -0.0486. The van der Waals surface area contributed by atoms with Gasteiger partial charge in [-0.25, -0.2) is 0 Å². The second kappa shape index (κ2) is 6.18. The lowest BCUT2D eigenvalue weighted by Crippen LogP contribution is -2.32. The van der Waals surface area contributed by atoms with Gasteiger partial charge in [-0.05, 0) is 49.1 Å². The van der Waals surface area contributed by atoms with Gasteiger partial charge in [-0.2, -0.15) is 0 Å². The van der Waals surface area contributed by atoms with E-state index in [1.165, 1.54) is 35.3 Å². The van der Waals surface area contributed by atoms with Crippen molar-refractivity contribution in [2.45, 2.75) is 45.6 Å². The summed E-state index contributed by atoms with van der Waals surface area (Å²) in [7, 11) is 0. The number of nitrogens with one attached hydrogen (secondary N) is 1. The van der Waals surface area contributed by atoms with Crippen molar-refractivity contribution >= 4 is 23.2 Å². The normalized spacial score (nSPS) is 21.5. The summed E-state index contributed by atoms with van der Waals surface area (Å²) in [5, 5.41) is 5.22. The molecule has 1 aromatic heterocycles. The van der Waals surface area contributed by atoms with Crippen LogP contribution in [0.2, 0.25) is 0 Å². The molecule has 0 radical (unpaired) electrons. The highest BCUT2D eigenvalue weighted by atomic mass is 32.1. The van der Waals surface area contributed by atoms with Crippen LogP contribution in [0.5, 0.6) is 0 Å². The number of rotatable bonds is 4. The van der Waals surface area contributed by atoms with E-state index in [-0.39, 0.29) is 17.7 Å². The standard InChI is InChI=1S/C16H22N2O2S/c1-2-18-9-11(7-15(18)19)16(20)17-8-12-10-21-14-6-4-3-5-13(12)14/h10-11H,2-9H2,1H3,(H,17,20). The van der Waals surface area contributed by atoms with E-state index in [0.717, 1.165) is 6.42 Å². The topological polar surface area (TPSA) is 49.4 Å². The molecule has 1 aliphatic carbocycles. The van der Waals surface area contributed by atoms with Gasteiger partial charge in [-0.3, -0.25) is 9.59 Å². The molecule has 2 aliphatic rings. The monoisotopic (exact) mass is 306 g/mol. The molecule has 1 saturated heterocycles. The Morgan fingerprint density at radius 1 is 1.43 bits per heavy atom. The van der Waals surface area contributed by atoms with E-state index >= 15 is 0 Å². The maximum absolute atomic E-state index is 12.2. The van der Waals surface area contributed by atoms with Crippen LogP contribution in [-0.4, -0.2) is 29.8 Å². The van der Waals surface area contributed by atoms with E-state index in [0.29, 0.717) is 26.1 Å². The van der Waals surface area contributed by atoms with Crippen molar-refractivity contribution in [2.24, 2.45) is 5.92 Å². The number of aryl methyl sites for hydroxylation is 1. The van der Waals surface area contributed by atoms with E-state index in [9.17, 15) is 9.59 Å². The largest absolute Gasteiger partial charge is 0.352 e. The predicted molar refractivity (Wildman–Crippen MR) is 83.2 cm³/mol. The number of carbonyl (C=O) groups excluding carboxylic acids is 2. The number of hydrogen-bond donors (Lipinski definition) is 1. The molecule has 2 heterocycles. The van der Waals surface area contributed by atoms with Crippen LogP contribution in [0.25, 0.3) is 0 Å². The SMILES string of the molecule is CCN1CC(C(=O)NCc2csc3c2CCCC3)CC1=O. The molecule has 0 spiro atoms. The number of hydrogen-bond acceptors (Lipinski definition) is 3. The molecule has 1 aromatic rings. The first-order valence-electron chi connectivity index (χ1n) is 7.82. The van der Waals surface area contributed by atoms with Crippen LogP contribution in [0.4, 0.5) is 0 Å². The lowest BCUT2D eigenvalue weighted by molar-refractivity contribution is -0.128. The molecule has 5 heteroatoms. The molecule has 1 N–H and O–H groups in total. The Balaban J connectivity index is 1.57. The molecular formula is C16H22N2O2S. The first kappa shape index (κ1) is 14.6. The average Bonchev–Trinajstić information content (AvgIpc) is 3.08. The fraction of sp³-hybridized carbons (Fsp3) is 0.625. The van der Waals surface area contributed by atoms with Crippen molar-refractivity contribution in [3.05, 3.63) is 21.4 Å². The summed E-state index contributed by atoms with van der Waals surface area (Å²) in [5.41, 5.74) is 2.74. The van der Waals surface area contributed by atoms with Gasteiger partial charge in [0.15, 0.2) is 0 Å². The summed E-state index contributed by atoms with van der Waals surface area (Å²) in [4.78, 5) is 27.2. The van der Waals surface area contributed by atoms with Crippen LogP contribution in [0.3, 0.4) is 0 Å². The van der Waals surface area contributed by atoms with Crippen LogP contribution in [0.15, 0.2) is 5.38 Å². The van der Waals surface area contributed by atoms with Gasteiger partial charge < -0.3 is 10.2 Å². The minimum Gasteiger partial charge on any atom is -0.352 e. The zero-order valence-corrected chi connectivity index (χ0v) is 13.3. The maximum atomic E-state index is 12.2. The number of amides is 2. The highest BCUT2D eigenvalue weighted by Gasteiger charge is 2.33. The van der Waals surface area contributed by atoms with E-state index in [1.807, 2.05) is 18.3 Å². The van der Waals surface area contributed by atoms with Crippen molar-refractivity contribution in [3.8, 4) is 0 Å². The third kappa shape index (κ3) is 2.98.